The van der Waals surface area contributed by atoms with E-state index >= 15 is 0 Å². The van der Waals surface area contributed by atoms with Crippen LogP contribution in [0.15, 0.2) is 0 Å². The zero-order chi connectivity index (χ0) is 15.8. The number of nitrogens with one attached hydrogen (secondary N) is 1. The number of rotatable bonds is 8. The first-order valence-electron chi connectivity index (χ1n) is 7.28. The maximum Gasteiger partial charge on any atom is 0.341 e. The summed E-state index contributed by atoms with van der Waals surface area (Å²) in [4.78, 5) is 25.0. The van der Waals surface area contributed by atoms with Crippen LogP contribution in [0.25, 0.3) is 0 Å². The number of nitrogens with two attached hydrogens (primary N) is 1. The van der Waals surface area contributed by atoms with Crippen molar-refractivity contribution in [3.63, 3.8) is 0 Å². The van der Waals surface area contributed by atoms with Gasteiger partial charge in [0.05, 0.1) is 12.2 Å². The third kappa shape index (κ3) is 5.13. The number of esters is 1. The second-order valence-corrected chi connectivity index (χ2v) is 6.08. The van der Waals surface area contributed by atoms with Crippen LogP contribution >= 0.6 is 11.3 Å². The Hall–Kier alpha value is -1.40. The second kappa shape index (κ2) is 8.79. The van der Waals surface area contributed by atoms with Crippen molar-refractivity contribution < 1.29 is 14.3 Å². The van der Waals surface area contributed by atoms with Crippen LogP contribution in [0.5, 0.6) is 0 Å². The summed E-state index contributed by atoms with van der Waals surface area (Å²) in [6, 6.07) is 0. The van der Waals surface area contributed by atoms with E-state index in [1.54, 1.807) is 6.92 Å². The topological polar surface area (TPSA) is 81.4 Å². The number of hydrogen-bond donors (Lipinski definition) is 2. The molecule has 0 radical (unpaired) electrons. The fraction of sp³-hybridized carbons (Fsp3) is 0.600. The molecular formula is C15H24N2O3S. The first-order valence-corrected chi connectivity index (χ1v) is 8.09. The maximum absolute atomic E-state index is 12.0. The van der Waals surface area contributed by atoms with Gasteiger partial charge in [0, 0.05) is 11.3 Å². The molecule has 3 N–H and O–H groups in total. The van der Waals surface area contributed by atoms with E-state index in [0.29, 0.717) is 30.1 Å². The zero-order valence-corrected chi connectivity index (χ0v) is 13.8. The van der Waals surface area contributed by atoms with Gasteiger partial charge >= 0.3 is 5.97 Å². The third-order valence-electron chi connectivity index (χ3n) is 3.23. The van der Waals surface area contributed by atoms with E-state index in [1.807, 2.05) is 13.8 Å². The summed E-state index contributed by atoms with van der Waals surface area (Å²) in [5.74, 6) is -0.448. The molecular weight excluding hydrogens is 288 g/mol. The molecule has 0 bridgehead atoms. The first-order chi connectivity index (χ1) is 10.0. The molecule has 0 fully saturated rings. The summed E-state index contributed by atoms with van der Waals surface area (Å²) < 4.78 is 5.06. The molecule has 1 aromatic rings. The number of carbonyl (C=O) groups excluding carboxylic acids is 2. The SMILES string of the molecule is CCOC(=O)c1c(NC(=O)CCCCCN)sc(C)c1C. The summed E-state index contributed by atoms with van der Waals surface area (Å²) in [5, 5.41) is 3.43. The van der Waals surface area contributed by atoms with Crippen LogP contribution in [0.1, 0.15) is 53.4 Å². The van der Waals surface area contributed by atoms with Gasteiger partial charge in [0.1, 0.15) is 5.00 Å². The summed E-state index contributed by atoms with van der Waals surface area (Å²) in [5.41, 5.74) is 6.77. The van der Waals surface area contributed by atoms with E-state index in [1.165, 1.54) is 11.3 Å². The Morgan fingerprint density at radius 1 is 1.24 bits per heavy atom. The number of hydrogen-bond acceptors (Lipinski definition) is 5. The summed E-state index contributed by atoms with van der Waals surface area (Å²) in [7, 11) is 0. The van der Waals surface area contributed by atoms with Crippen LogP contribution in [0.3, 0.4) is 0 Å². The maximum atomic E-state index is 12.0. The Morgan fingerprint density at radius 3 is 2.57 bits per heavy atom. The van der Waals surface area contributed by atoms with Gasteiger partial charge < -0.3 is 15.8 Å². The van der Waals surface area contributed by atoms with Gasteiger partial charge in [-0.05, 0) is 45.7 Å². The van der Waals surface area contributed by atoms with Crippen LogP contribution in [0.2, 0.25) is 0 Å². The summed E-state index contributed by atoms with van der Waals surface area (Å²) >= 11 is 1.41. The normalized spacial score (nSPS) is 10.5. The van der Waals surface area contributed by atoms with E-state index in [4.69, 9.17) is 10.5 Å². The number of thiophene rings is 1. The molecule has 5 nitrogen and oxygen atoms in total. The van der Waals surface area contributed by atoms with Crippen molar-refractivity contribution in [2.75, 3.05) is 18.5 Å². The van der Waals surface area contributed by atoms with Crippen LogP contribution < -0.4 is 11.1 Å². The predicted molar refractivity (Wildman–Crippen MR) is 85.9 cm³/mol. The molecule has 0 aliphatic heterocycles. The lowest BCUT2D eigenvalue weighted by Gasteiger charge is -2.07. The summed E-state index contributed by atoms with van der Waals surface area (Å²) in [6.07, 6.45) is 3.12. The number of aryl methyl sites for hydroxylation is 1. The van der Waals surface area contributed by atoms with Crippen LogP contribution in [0, 0.1) is 13.8 Å². The van der Waals surface area contributed by atoms with E-state index in [2.05, 4.69) is 5.32 Å². The molecule has 1 amide bonds. The molecule has 1 aromatic heterocycles. The molecule has 1 rings (SSSR count). The summed E-state index contributed by atoms with van der Waals surface area (Å²) in [6.45, 7) is 6.54. The first kappa shape index (κ1) is 17.7. The van der Waals surface area contributed by atoms with Gasteiger partial charge in [-0.15, -0.1) is 11.3 Å². The van der Waals surface area contributed by atoms with Gasteiger partial charge in [0.25, 0.3) is 0 Å². The molecule has 1 heterocycles. The van der Waals surface area contributed by atoms with Gasteiger partial charge in [-0.25, -0.2) is 4.79 Å². The highest BCUT2D eigenvalue weighted by molar-refractivity contribution is 7.16. The predicted octanol–water partition coefficient (Wildman–Crippen LogP) is 3.00. The van der Waals surface area contributed by atoms with Gasteiger partial charge in [-0.2, -0.15) is 0 Å². The van der Waals surface area contributed by atoms with Crippen molar-refractivity contribution >= 4 is 28.2 Å². The molecule has 0 unspecified atom stereocenters. The Kier molecular flexibility index (Phi) is 7.39. The highest BCUT2D eigenvalue weighted by atomic mass is 32.1. The minimum atomic E-state index is -0.377. The van der Waals surface area contributed by atoms with Crippen molar-refractivity contribution in [2.45, 2.75) is 46.5 Å². The van der Waals surface area contributed by atoms with E-state index in [0.717, 1.165) is 29.7 Å². The number of unbranched alkanes of at least 4 members (excludes halogenated alkanes) is 2. The minimum Gasteiger partial charge on any atom is -0.462 e. The Balaban J connectivity index is 2.72. The fourth-order valence-corrected chi connectivity index (χ4v) is 3.02. The Bertz CT molecular complexity index is 497. The van der Waals surface area contributed by atoms with Gasteiger partial charge in [-0.3, -0.25) is 4.79 Å². The third-order valence-corrected chi connectivity index (χ3v) is 4.35. The van der Waals surface area contributed by atoms with E-state index in [-0.39, 0.29) is 11.9 Å². The lowest BCUT2D eigenvalue weighted by molar-refractivity contribution is -0.116. The lowest BCUT2D eigenvalue weighted by atomic mass is 10.1. The average molecular weight is 312 g/mol. The highest BCUT2D eigenvalue weighted by Crippen LogP contribution is 2.33. The molecule has 0 aliphatic rings. The average Bonchev–Trinajstić information content (AvgIpc) is 2.70. The fourth-order valence-electron chi connectivity index (χ4n) is 1.96. The number of ether oxygens (including phenoxy) is 1. The smallest absolute Gasteiger partial charge is 0.341 e. The monoisotopic (exact) mass is 312 g/mol. The number of carbonyl (C=O) groups is 2. The minimum absolute atomic E-state index is 0.0705. The van der Waals surface area contributed by atoms with Crippen molar-refractivity contribution in [2.24, 2.45) is 5.73 Å². The second-order valence-electron chi connectivity index (χ2n) is 4.86. The lowest BCUT2D eigenvalue weighted by Crippen LogP contribution is -2.14. The Morgan fingerprint density at radius 2 is 1.95 bits per heavy atom. The molecule has 118 valence electrons. The van der Waals surface area contributed by atoms with Gasteiger partial charge in [-0.1, -0.05) is 6.42 Å². The van der Waals surface area contributed by atoms with Crippen molar-refractivity contribution in [1.82, 2.24) is 0 Å². The van der Waals surface area contributed by atoms with Crippen LogP contribution in [-0.2, 0) is 9.53 Å². The van der Waals surface area contributed by atoms with Crippen LogP contribution in [0.4, 0.5) is 5.00 Å². The quantitative estimate of drug-likeness (QED) is 0.571. The molecule has 21 heavy (non-hydrogen) atoms. The molecule has 0 saturated carbocycles. The van der Waals surface area contributed by atoms with E-state index in [9.17, 15) is 9.59 Å². The van der Waals surface area contributed by atoms with Crippen LogP contribution in [-0.4, -0.2) is 25.0 Å². The molecule has 0 aliphatic carbocycles. The molecule has 0 atom stereocenters. The Labute approximate surface area is 129 Å². The van der Waals surface area contributed by atoms with Gasteiger partial charge in [0.15, 0.2) is 0 Å². The molecule has 6 heteroatoms. The zero-order valence-electron chi connectivity index (χ0n) is 13.0. The highest BCUT2D eigenvalue weighted by Gasteiger charge is 2.21. The van der Waals surface area contributed by atoms with Gasteiger partial charge in [0.2, 0.25) is 5.91 Å². The van der Waals surface area contributed by atoms with Crippen molar-refractivity contribution in [1.29, 1.82) is 0 Å². The van der Waals surface area contributed by atoms with Crippen molar-refractivity contribution in [3.05, 3.63) is 16.0 Å². The molecule has 0 aromatic carbocycles. The molecule has 0 spiro atoms. The number of anilines is 1. The van der Waals surface area contributed by atoms with E-state index < -0.39 is 0 Å². The largest absolute Gasteiger partial charge is 0.462 e. The molecule has 0 saturated heterocycles. The standard InChI is InChI=1S/C15H24N2O3S/c1-4-20-15(19)13-10(2)11(3)21-14(13)17-12(18)8-6-5-7-9-16/h4-9,16H2,1-3H3,(H,17,18). The van der Waals surface area contributed by atoms with Crippen molar-refractivity contribution in [3.8, 4) is 0 Å². The number of amides is 1.